The largest absolute Gasteiger partial charge is 0.416 e. The van der Waals surface area contributed by atoms with Gasteiger partial charge in [0.15, 0.2) is 5.13 Å². The van der Waals surface area contributed by atoms with Crippen LogP contribution in [0.15, 0.2) is 84.2 Å². The Labute approximate surface area is 180 Å². The smallest absolute Gasteiger partial charge is 0.332 e. The van der Waals surface area contributed by atoms with Crippen LogP contribution in [0, 0.1) is 0 Å². The second kappa shape index (κ2) is 8.80. The van der Waals surface area contributed by atoms with Crippen LogP contribution in [0.5, 0.6) is 0 Å². The third-order valence-corrected chi connectivity index (χ3v) is 4.99. The van der Waals surface area contributed by atoms with E-state index in [1.807, 2.05) is 47.8 Å². The molecule has 0 unspecified atom stereocenters. The molecule has 0 fully saturated rings. The summed E-state index contributed by atoms with van der Waals surface area (Å²) in [5.74, 6) is 0. The number of benzene rings is 3. The highest BCUT2D eigenvalue weighted by atomic mass is 79.9. The predicted octanol–water partition coefficient (Wildman–Crippen LogP) is 7.82. The van der Waals surface area contributed by atoms with Gasteiger partial charge in [0.2, 0.25) is 0 Å². The zero-order valence-electron chi connectivity index (χ0n) is 15.0. The minimum Gasteiger partial charge on any atom is -0.332 e. The number of hydrogen-bond acceptors (Lipinski definition) is 3. The van der Waals surface area contributed by atoms with Crippen molar-refractivity contribution < 1.29 is 13.2 Å². The molecule has 7 heteroatoms. The van der Waals surface area contributed by atoms with E-state index in [2.05, 4.69) is 22.4 Å². The molecular weight excluding hydrogens is 461 g/mol. The van der Waals surface area contributed by atoms with E-state index in [4.69, 9.17) is 0 Å². The van der Waals surface area contributed by atoms with Gasteiger partial charge in [-0.3, -0.25) is 0 Å². The summed E-state index contributed by atoms with van der Waals surface area (Å²) in [5.41, 5.74) is 3.65. The molecule has 0 aliphatic carbocycles. The van der Waals surface area contributed by atoms with Gasteiger partial charge in [0.05, 0.1) is 11.3 Å². The zero-order chi connectivity index (χ0) is 19.6. The number of nitrogens with zero attached hydrogens (tertiary/aromatic N) is 1. The molecule has 0 saturated carbocycles. The lowest BCUT2D eigenvalue weighted by atomic mass is 10.0. The molecular formula is C22H16BrF3N2S. The van der Waals surface area contributed by atoms with Crippen LogP contribution in [0.1, 0.15) is 5.56 Å². The van der Waals surface area contributed by atoms with Crippen LogP contribution in [0.4, 0.5) is 24.0 Å². The first-order chi connectivity index (χ1) is 13.5. The van der Waals surface area contributed by atoms with Crippen LogP contribution in [-0.4, -0.2) is 4.98 Å². The van der Waals surface area contributed by atoms with Crippen LogP contribution < -0.4 is 5.32 Å². The van der Waals surface area contributed by atoms with Gasteiger partial charge in [-0.15, -0.1) is 28.3 Å². The summed E-state index contributed by atoms with van der Waals surface area (Å²) in [6, 6.07) is 23.2. The molecule has 0 aliphatic heterocycles. The van der Waals surface area contributed by atoms with Crippen molar-refractivity contribution in [1.29, 1.82) is 0 Å². The van der Waals surface area contributed by atoms with Gasteiger partial charge < -0.3 is 5.32 Å². The first-order valence-corrected chi connectivity index (χ1v) is 9.43. The first kappa shape index (κ1) is 21.1. The first-order valence-electron chi connectivity index (χ1n) is 8.55. The quantitative estimate of drug-likeness (QED) is 0.324. The number of thiazole rings is 1. The monoisotopic (exact) mass is 476 g/mol. The zero-order valence-corrected chi connectivity index (χ0v) is 17.5. The lowest BCUT2D eigenvalue weighted by Crippen LogP contribution is -2.05. The normalized spacial score (nSPS) is 11.0. The SMILES string of the molecule is Br.FC(F)(F)c1cccc(Nc2nc(-c3ccc(-c4ccccc4)cc3)cs2)c1. The summed E-state index contributed by atoms with van der Waals surface area (Å²) in [4.78, 5) is 4.50. The number of nitrogens with one attached hydrogen (secondary N) is 1. The lowest BCUT2D eigenvalue weighted by molar-refractivity contribution is -0.137. The topological polar surface area (TPSA) is 24.9 Å². The van der Waals surface area contributed by atoms with Gasteiger partial charge in [0, 0.05) is 16.6 Å². The van der Waals surface area contributed by atoms with Gasteiger partial charge in [-0.25, -0.2) is 4.98 Å². The fourth-order valence-electron chi connectivity index (χ4n) is 2.82. The molecule has 1 heterocycles. The number of rotatable bonds is 4. The average Bonchev–Trinajstić information content (AvgIpc) is 3.17. The number of halogens is 4. The fraction of sp³-hybridized carbons (Fsp3) is 0.0455. The molecule has 1 aromatic heterocycles. The van der Waals surface area contributed by atoms with Gasteiger partial charge in [0.1, 0.15) is 0 Å². The van der Waals surface area contributed by atoms with E-state index in [0.717, 1.165) is 34.5 Å². The Bertz CT molecular complexity index is 1080. The van der Waals surface area contributed by atoms with Crippen molar-refractivity contribution in [2.75, 3.05) is 5.32 Å². The number of hydrogen-bond donors (Lipinski definition) is 1. The molecule has 0 saturated heterocycles. The van der Waals surface area contributed by atoms with Crippen molar-refractivity contribution in [2.24, 2.45) is 0 Å². The van der Waals surface area contributed by atoms with Crippen molar-refractivity contribution in [3.8, 4) is 22.4 Å². The number of alkyl halides is 3. The third-order valence-electron chi connectivity index (χ3n) is 4.23. The molecule has 0 amide bonds. The Morgan fingerprint density at radius 2 is 1.41 bits per heavy atom. The second-order valence-corrected chi connectivity index (χ2v) is 7.04. The Balaban J connectivity index is 0.00000240. The van der Waals surface area contributed by atoms with Crippen molar-refractivity contribution in [3.05, 3.63) is 89.8 Å². The summed E-state index contributed by atoms with van der Waals surface area (Å²) in [7, 11) is 0. The van der Waals surface area contributed by atoms with Crippen molar-refractivity contribution in [2.45, 2.75) is 6.18 Å². The number of anilines is 2. The van der Waals surface area contributed by atoms with Crippen LogP contribution in [0.3, 0.4) is 0 Å². The average molecular weight is 477 g/mol. The maximum atomic E-state index is 12.8. The summed E-state index contributed by atoms with van der Waals surface area (Å²) in [6.45, 7) is 0. The van der Waals surface area contributed by atoms with Crippen LogP contribution in [0.2, 0.25) is 0 Å². The Morgan fingerprint density at radius 1 is 0.759 bits per heavy atom. The van der Waals surface area contributed by atoms with Gasteiger partial charge in [0.25, 0.3) is 0 Å². The molecule has 3 aromatic carbocycles. The molecule has 2 nitrogen and oxygen atoms in total. The molecule has 1 N–H and O–H groups in total. The van der Waals surface area contributed by atoms with E-state index in [0.29, 0.717) is 10.8 Å². The van der Waals surface area contributed by atoms with Crippen molar-refractivity contribution in [3.63, 3.8) is 0 Å². The summed E-state index contributed by atoms with van der Waals surface area (Å²) in [5, 5.41) is 5.38. The van der Waals surface area contributed by atoms with Gasteiger partial charge >= 0.3 is 6.18 Å². The van der Waals surface area contributed by atoms with Crippen molar-refractivity contribution >= 4 is 39.1 Å². The number of aromatic nitrogens is 1. The van der Waals surface area contributed by atoms with E-state index in [1.54, 1.807) is 6.07 Å². The molecule has 0 radical (unpaired) electrons. The fourth-order valence-corrected chi connectivity index (χ4v) is 3.56. The molecule has 4 aromatic rings. The Morgan fingerprint density at radius 3 is 2.10 bits per heavy atom. The molecule has 29 heavy (non-hydrogen) atoms. The lowest BCUT2D eigenvalue weighted by Gasteiger charge is -2.09. The van der Waals surface area contributed by atoms with Gasteiger partial charge in [-0.1, -0.05) is 60.7 Å². The molecule has 0 aliphatic rings. The van der Waals surface area contributed by atoms with E-state index in [-0.39, 0.29) is 17.0 Å². The van der Waals surface area contributed by atoms with Crippen LogP contribution in [0.25, 0.3) is 22.4 Å². The Kier molecular flexibility index (Phi) is 6.39. The molecule has 0 spiro atoms. The minimum absolute atomic E-state index is 0. The second-order valence-electron chi connectivity index (χ2n) is 6.18. The van der Waals surface area contributed by atoms with E-state index in [9.17, 15) is 13.2 Å². The summed E-state index contributed by atoms with van der Waals surface area (Å²) in [6.07, 6.45) is -4.37. The van der Waals surface area contributed by atoms with Crippen LogP contribution in [-0.2, 0) is 6.18 Å². The third kappa shape index (κ3) is 5.05. The molecule has 148 valence electrons. The minimum atomic E-state index is -4.37. The maximum absolute atomic E-state index is 12.8. The standard InChI is InChI=1S/C22H15F3N2S.BrH/c23-22(24,25)18-7-4-8-19(13-18)26-21-27-20(14-28-21)17-11-9-16(10-12-17)15-5-2-1-3-6-15;/h1-14H,(H,26,27);1H. The summed E-state index contributed by atoms with van der Waals surface area (Å²) >= 11 is 1.35. The van der Waals surface area contributed by atoms with Crippen LogP contribution >= 0.6 is 28.3 Å². The summed E-state index contributed by atoms with van der Waals surface area (Å²) < 4.78 is 38.5. The molecule has 0 atom stereocenters. The van der Waals surface area contributed by atoms with Gasteiger partial charge in [-0.2, -0.15) is 13.2 Å². The van der Waals surface area contributed by atoms with Gasteiger partial charge in [-0.05, 0) is 29.3 Å². The maximum Gasteiger partial charge on any atom is 0.416 e. The molecule has 0 bridgehead atoms. The van der Waals surface area contributed by atoms with E-state index >= 15 is 0 Å². The Hall–Kier alpha value is -2.64. The van der Waals surface area contributed by atoms with E-state index < -0.39 is 11.7 Å². The molecule has 4 rings (SSSR count). The highest BCUT2D eigenvalue weighted by Gasteiger charge is 2.30. The predicted molar refractivity (Wildman–Crippen MR) is 118 cm³/mol. The highest BCUT2D eigenvalue weighted by molar-refractivity contribution is 8.93. The highest BCUT2D eigenvalue weighted by Crippen LogP contribution is 2.33. The van der Waals surface area contributed by atoms with Crippen molar-refractivity contribution in [1.82, 2.24) is 4.98 Å². The van der Waals surface area contributed by atoms with E-state index in [1.165, 1.54) is 17.4 Å².